The minimum atomic E-state index is 0.553. The monoisotopic (exact) mass is 286 g/mol. The molecule has 17 heavy (non-hydrogen) atoms. The Hall–Kier alpha value is -1.08. The molecule has 0 fully saturated rings. The minimum absolute atomic E-state index is 0.553. The number of rotatable bonds is 1. The van der Waals surface area contributed by atoms with Crippen molar-refractivity contribution >= 4 is 15.9 Å². The van der Waals surface area contributed by atoms with E-state index in [0.29, 0.717) is 11.8 Å². The van der Waals surface area contributed by atoms with Crippen molar-refractivity contribution < 1.29 is 0 Å². The van der Waals surface area contributed by atoms with Crippen LogP contribution >= 0.6 is 15.9 Å². The largest absolute Gasteiger partial charge is 0.0620 e. The topological polar surface area (TPSA) is 0 Å². The molecule has 0 bridgehead atoms. The second-order valence-electron chi connectivity index (χ2n) is 4.84. The Balaban J connectivity index is 2.11. The van der Waals surface area contributed by atoms with Crippen molar-refractivity contribution in [2.24, 2.45) is 0 Å². The van der Waals surface area contributed by atoms with Crippen LogP contribution in [0.4, 0.5) is 0 Å². The Labute approximate surface area is 111 Å². The number of hydrogen-bond donors (Lipinski definition) is 0. The predicted molar refractivity (Wildman–Crippen MR) is 75.5 cm³/mol. The van der Waals surface area contributed by atoms with Crippen LogP contribution in [0, 0.1) is 0 Å². The van der Waals surface area contributed by atoms with E-state index in [2.05, 4.69) is 71.4 Å². The van der Waals surface area contributed by atoms with Gasteiger partial charge in [-0.25, -0.2) is 0 Å². The highest BCUT2D eigenvalue weighted by atomic mass is 79.9. The molecule has 86 valence electrons. The fourth-order valence-corrected chi connectivity index (χ4v) is 3.50. The number of fused-ring (bicyclic) bond motifs is 1. The average Bonchev–Trinajstić information content (AvgIpc) is 2.68. The molecule has 1 aliphatic carbocycles. The summed E-state index contributed by atoms with van der Waals surface area (Å²) in [5.41, 5.74) is 4.45. The maximum Gasteiger partial charge on any atom is 0.0213 e. The van der Waals surface area contributed by atoms with E-state index in [1.54, 1.807) is 0 Å². The second-order valence-corrected chi connectivity index (χ2v) is 5.69. The highest BCUT2D eigenvalue weighted by Gasteiger charge is 2.29. The van der Waals surface area contributed by atoms with Gasteiger partial charge >= 0.3 is 0 Å². The number of benzene rings is 2. The first-order valence-corrected chi connectivity index (χ1v) is 6.90. The van der Waals surface area contributed by atoms with Crippen molar-refractivity contribution in [2.75, 3.05) is 0 Å². The van der Waals surface area contributed by atoms with Gasteiger partial charge in [-0.15, -0.1) is 0 Å². The van der Waals surface area contributed by atoms with Crippen LogP contribution < -0.4 is 0 Å². The van der Waals surface area contributed by atoms with Crippen molar-refractivity contribution in [3.63, 3.8) is 0 Å². The molecule has 2 unspecified atom stereocenters. The van der Waals surface area contributed by atoms with E-state index < -0.39 is 0 Å². The zero-order valence-corrected chi connectivity index (χ0v) is 11.4. The molecule has 0 saturated carbocycles. The van der Waals surface area contributed by atoms with E-state index in [1.807, 2.05) is 0 Å². The Morgan fingerprint density at radius 1 is 0.882 bits per heavy atom. The third-order valence-electron chi connectivity index (χ3n) is 3.77. The predicted octanol–water partition coefficient (Wildman–Crippen LogP) is 5.09. The molecule has 0 aliphatic heterocycles. The molecular formula is C16H15Br. The van der Waals surface area contributed by atoms with Gasteiger partial charge in [0, 0.05) is 10.4 Å². The maximum absolute atomic E-state index is 3.68. The maximum atomic E-state index is 3.68. The normalized spacial score (nSPS) is 22.5. The lowest BCUT2D eigenvalue weighted by atomic mass is 9.93. The molecule has 0 nitrogen and oxygen atoms in total. The van der Waals surface area contributed by atoms with Crippen molar-refractivity contribution in [1.82, 2.24) is 0 Å². The zero-order chi connectivity index (χ0) is 11.8. The Kier molecular flexibility index (Phi) is 2.79. The molecule has 0 radical (unpaired) electrons. The standard InChI is InChI=1S/C16H15Br/c1-11-10-15(13-7-3-2-6-12(11)13)14-8-4-5-9-16(14)17/h2-9,11,15H,10H2,1H3. The van der Waals surface area contributed by atoms with Crippen molar-refractivity contribution in [3.8, 4) is 0 Å². The SMILES string of the molecule is CC1CC(c2ccccc2Br)c2ccccc21. The van der Waals surface area contributed by atoms with Gasteiger partial charge in [0.1, 0.15) is 0 Å². The molecule has 0 spiro atoms. The molecule has 2 aromatic carbocycles. The first kappa shape index (κ1) is 11.0. The summed E-state index contributed by atoms with van der Waals surface area (Å²) in [4.78, 5) is 0. The summed E-state index contributed by atoms with van der Waals surface area (Å²) in [6.07, 6.45) is 1.22. The molecular weight excluding hydrogens is 272 g/mol. The molecule has 0 amide bonds. The van der Waals surface area contributed by atoms with Gasteiger partial charge in [0.05, 0.1) is 0 Å². The van der Waals surface area contributed by atoms with Gasteiger partial charge < -0.3 is 0 Å². The first-order chi connectivity index (χ1) is 8.27. The van der Waals surface area contributed by atoms with Gasteiger partial charge in [0.2, 0.25) is 0 Å². The van der Waals surface area contributed by atoms with Crippen LogP contribution in [0.2, 0.25) is 0 Å². The summed E-state index contributed by atoms with van der Waals surface area (Å²) in [6, 6.07) is 17.5. The van der Waals surface area contributed by atoms with E-state index >= 15 is 0 Å². The first-order valence-electron chi connectivity index (χ1n) is 6.10. The number of halogens is 1. The van der Waals surface area contributed by atoms with Gasteiger partial charge in [-0.05, 0) is 35.1 Å². The van der Waals surface area contributed by atoms with Crippen molar-refractivity contribution in [2.45, 2.75) is 25.2 Å². The molecule has 2 aromatic rings. The molecule has 0 heterocycles. The summed E-state index contributed by atoms with van der Waals surface area (Å²) in [7, 11) is 0. The van der Waals surface area contributed by atoms with Crippen LogP contribution in [0.5, 0.6) is 0 Å². The van der Waals surface area contributed by atoms with Gasteiger partial charge in [0.15, 0.2) is 0 Å². The number of hydrogen-bond acceptors (Lipinski definition) is 0. The Bertz CT molecular complexity index is 545. The molecule has 2 atom stereocenters. The quantitative estimate of drug-likeness (QED) is 0.685. The van der Waals surface area contributed by atoms with E-state index in [0.717, 1.165) is 0 Å². The van der Waals surface area contributed by atoms with Gasteiger partial charge in [-0.1, -0.05) is 65.3 Å². The highest BCUT2D eigenvalue weighted by Crippen LogP contribution is 2.46. The van der Waals surface area contributed by atoms with E-state index in [4.69, 9.17) is 0 Å². The Morgan fingerprint density at radius 2 is 1.47 bits per heavy atom. The fraction of sp³-hybridized carbons (Fsp3) is 0.250. The third kappa shape index (κ3) is 1.83. The van der Waals surface area contributed by atoms with Gasteiger partial charge in [0.25, 0.3) is 0 Å². The lowest BCUT2D eigenvalue weighted by Crippen LogP contribution is -1.97. The van der Waals surface area contributed by atoms with Crippen LogP contribution in [-0.4, -0.2) is 0 Å². The molecule has 0 aromatic heterocycles. The zero-order valence-electron chi connectivity index (χ0n) is 9.86. The molecule has 3 rings (SSSR count). The van der Waals surface area contributed by atoms with E-state index in [-0.39, 0.29) is 0 Å². The smallest absolute Gasteiger partial charge is 0.0213 e. The lowest BCUT2D eigenvalue weighted by Gasteiger charge is -2.13. The fourth-order valence-electron chi connectivity index (χ4n) is 2.94. The van der Waals surface area contributed by atoms with Crippen molar-refractivity contribution in [3.05, 3.63) is 69.7 Å². The van der Waals surface area contributed by atoms with Gasteiger partial charge in [-0.3, -0.25) is 0 Å². The van der Waals surface area contributed by atoms with Crippen LogP contribution in [0.3, 0.4) is 0 Å². The molecule has 1 heteroatoms. The summed E-state index contributed by atoms with van der Waals surface area (Å²) < 4.78 is 1.23. The summed E-state index contributed by atoms with van der Waals surface area (Å²) in [5.74, 6) is 1.22. The molecule has 0 N–H and O–H groups in total. The summed E-state index contributed by atoms with van der Waals surface area (Å²) in [6.45, 7) is 2.33. The lowest BCUT2D eigenvalue weighted by molar-refractivity contribution is 0.684. The van der Waals surface area contributed by atoms with E-state index in [9.17, 15) is 0 Å². The van der Waals surface area contributed by atoms with Crippen LogP contribution in [-0.2, 0) is 0 Å². The molecule has 1 aliphatic rings. The summed E-state index contributed by atoms with van der Waals surface area (Å²) >= 11 is 3.68. The Morgan fingerprint density at radius 3 is 2.18 bits per heavy atom. The molecule has 0 saturated heterocycles. The average molecular weight is 287 g/mol. The third-order valence-corrected chi connectivity index (χ3v) is 4.49. The van der Waals surface area contributed by atoms with Crippen LogP contribution in [0.1, 0.15) is 41.9 Å². The van der Waals surface area contributed by atoms with E-state index in [1.165, 1.54) is 27.6 Å². The van der Waals surface area contributed by atoms with Gasteiger partial charge in [-0.2, -0.15) is 0 Å². The summed E-state index contributed by atoms with van der Waals surface area (Å²) in [5, 5.41) is 0. The van der Waals surface area contributed by atoms with Crippen LogP contribution in [0.15, 0.2) is 53.0 Å². The highest BCUT2D eigenvalue weighted by molar-refractivity contribution is 9.10. The van der Waals surface area contributed by atoms with Crippen molar-refractivity contribution in [1.29, 1.82) is 0 Å². The second kappa shape index (κ2) is 4.30. The van der Waals surface area contributed by atoms with Crippen LogP contribution in [0.25, 0.3) is 0 Å². The minimum Gasteiger partial charge on any atom is -0.0620 e.